The van der Waals surface area contributed by atoms with Crippen molar-refractivity contribution < 1.29 is 9.18 Å². The first kappa shape index (κ1) is 14.5. The molecule has 3 rings (SSSR count). The molecule has 0 saturated carbocycles. The van der Waals surface area contributed by atoms with Crippen molar-refractivity contribution in [1.82, 2.24) is 14.7 Å². The minimum Gasteiger partial charge on any atom is -0.337 e. The first-order valence-corrected chi connectivity index (χ1v) is 7.38. The average Bonchev–Trinajstić information content (AvgIpc) is 3.09. The molecule has 0 N–H and O–H groups in total. The fraction of sp³-hybridized carbons (Fsp3) is 0.294. The standard InChI is InChI=1S/C17H18FN3O/c1-13(21-10-2-9-19-21)17(22)20-11-7-15(8-12-20)14-3-5-16(18)6-4-14/h2-7,9-10,13H,8,11-12H2,1H3/t13-/m1/s1. The largest absolute Gasteiger partial charge is 0.337 e. The molecule has 0 spiro atoms. The van der Waals surface area contributed by atoms with Crippen LogP contribution in [0.1, 0.15) is 24.9 Å². The summed E-state index contributed by atoms with van der Waals surface area (Å²) in [6.07, 6.45) is 6.30. The number of amides is 1. The van der Waals surface area contributed by atoms with Gasteiger partial charge in [0.05, 0.1) is 0 Å². The molecule has 1 atom stereocenters. The van der Waals surface area contributed by atoms with Gasteiger partial charge in [-0.15, -0.1) is 0 Å². The Balaban J connectivity index is 1.68. The van der Waals surface area contributed by atoms with Crippen molar-refractivity contribution in [2.75, 3.05) is 13.1 Å². The molecule has 1 aliphatic rings. The molecule has 22 heavy (non-hydrogen) atoms. The van der Waals surface area contributed by atoms with Crippen LogP contribution in [0.5, 0.6) is 0 Å². The highest BCUT2D eigenvalue weighted by Crippen LogP contribution is 2.23. The van der Waals surface area contributed by atoms with Crippen LogP contribution in [0.2, 0.25) is 0 Å². The molecule has 1 aromatic heterocycles. The van der Waals surface area contributed by atoms with Crippen molar-refractivity contribution >= 4 is 11.5 Å². The molecule has 0 bridgehead atoms. The smallest absolute Gasteiger partial charge is 0.247 e. The summed E-state index contributed by atoms with van der Waals surface area (Å²) in [4.78, 5) is 14.3. The van der Waals surface area contributed by atoms with Gasteiger partial charge in [-0.1, -0.05) is 18.2 Å². The first-order valence-electron chi connectivity index (χ1n) is 7.38. The first-order chi connectivity index (χ1) is 10.6. The Hall–Kier alpha value is -2.43. The van der Waals surface area contributed by atoms with Crippen molar-refractivity contribution in [3.63, 3.8) is 0 Å². The maximum atomic E-state index is 13.0. The molecule has 4 nitrogen and oxygen atoms in total. The van der Waals surface area contributed by atoms with Gasteiger partial charge < -0.3 is 4.90 Å². The van der Waals surface area contributed by atoms with Crippen LogP contribution in [0.15, 0.2) is 48.8 Å². The highest BCUT2D eigenvalue weighted by Gasteiger charge is 2.23. The molecule has 0 saturated heterocycles. The summed E-state index contributed by atoms with van der Waals surface area (Å²) in [6.45, 7) is 3.11. The van der Waals surface area contributed by atoms with Gasteiger partial charge in [-0.2, -0.15) is 5.10 Å². The van der Waals surface area contributed by atoms with Crippen molar-refractivity contribution in [3.8, 4) is 0 Å². The molecule has 2 heterocycles. The Morgan fingerprint density at radius 2 is 2.09 bits per heavy atom. The molecule has 0 unspecified atom stereocenters. The van der Waals surface area contributed by atoms with Gasteiger partial charge in [0.1, 0.15) is 11.9 Å². The van der Waals surface area contributed by atoms with Crippen molar-refractivity contribution in [3.05, 3.63) is 60.2 Å². The van der Waals surface area contributed by atoms with E-state index >= 15 is 0 Å². The highest BCUT2D eigenvalue weighted by molar-refractivity contribution is 5.81. The lowest BCUT2D eigenvalue weighted by Crippen LogP contribution is -2.39. The maximum Gasteiger partial charge on any atom is 0.247 e. The van der Waals surface area contributed by atoms with Gasteiger partial charge in [0, 0.05) is 25.5 Å². The topological polar surface area (TPSA) is 38.1 Å². The number of halogens is 1. The number of benzene rings is 1. The van der Waals surface area contributed by atoms with Crippen molar-refractivity contribution in [2.45, 2.75) is 19.4 Å². The summed E-state index contributed by atoms with van der Waals surface area (Å²) in [6, 6.07) is 8.01. The van der Waals surface area contributed by atoms with E-state index in [1.165, 1.54) is 12.1 Å². The van der Waals surface area contributed by atoms with Gasteiger partial charge in [0.2, 0.25) is 5.91 Å². The highest BCUT2D eigenvalue weighted by atomic mass is 19.1. The van der Waals surface area contributed by atoms with Crippen molar-refractivity contribution in [2.24, 2.45) is 0 Å². The number of nitrogens with zero attached hydrogens (tertiary/aromatic N) is 3. The van der Waals surface area contributed by atoms with Crippen LogP contribution in [0.3, 0.4) is 0 Å². The Kier molecular flexibility index (Phi) is 4.04. The Bertz CT molecular complexity index is 676. The predicted molar refractivity (Wildman–Crippen MR) is 82.5 cm³/mol. The van der Waals surface area contributed by atoms with Crippen LogP contribution in [0.4, 0.5) is 4.39 Å². The Morgan fingerprint density at radius 1 is 1.32 bits per heavy atom. The number of carbonyl (C=O) groups excluding carboxylic acids is 1. The average molecular weight is 299 g/mol. The molecule has 0 radical (unpaired) electrons. The lowest BCUT2D eigenvalue weighted by atomic mass is 9.99. The third-order valence-corrected chi connectivity index (χ3v) is 4.01. The van der Waals surface area contributed by atoms with E-state index in [0.717, 1.165) is 17.6 Å². The zero-order chi connectivity index (χ0) is 15.5. The zero-order valence-corrected chi connectivity index (χ0v) is 12.4. The van der Waals surface area contributed by atoms with E-state index in [4.69, 9.17) is 0 Å². The number of aromatic nitrogens is 2. The summed E-state index contributed by atoms with van der Waals surface area (Å²) in [5.41, 5.74) is 2.18. The van der Waals surface area contributed by atoms with E-state index in [-0.39, 0.29) is 17.8 Å². The van der Waals surface area contributed by atoms with Crippen LogP contribution < -0.4 is 0 Å². The van der Waals surface area contributed by atoms with E-state index in [1.54, 1.807) is 29.2 Å². The SMILES string of the molecule is C[C@H](C(=O)N1CC=C(c2ccc(F)cc2)CC1)n1cccn1. The van der Waals surface area contributed by atoms with E-state index in [2.05, 4.69) is 5.10 Å². The Labute approximate surface area is 128 Å². The molecule has 5 heteroatoms. The molecule has 1 aliphatic heterocycles. The minimum atomic E-state index is -0.296. The summed E-state index contributed by atoms with van der Waals surface area (Å²) >= 11 is 0. The number of hydrogen-bond acceptors (Lipinski definition) is 2. The van der Waals surface area contributed by atoms with E-state index in [9.17, 15) is 9.18 Å². The second kappa shape index (κ2) is 6.13. The van der Waals surface area contributed by atoms with Gasteiger partial charge in [-0.05, 0) is 42.7 Å². The molecular formula is C17H18FN3O. The molecular weight excluding hydrogens is 281 g/mol. The summed E-state index contributed by atoms with van der Waals surface area (Å²) in [5, 5.41) is 4.12. The van der Waals surface area contributed by atoms with Gasteiger partial charge in [-0.25, -0.2) is 4.39 Å². The van der Waals surface area contributed by atoms with Gasteiger partial charge in [0.15, 0.2) is 0 Å². The second-order valence-electron chi connectivity index (χ2n) is 5.43. The van der Waals surface area contributed by atoms with Crippen LogP contribution in [0, 0.1) is 5.82 Å². The van der Waals surface area contributed by atoms with Crippen LogP contribution >= 0.6 is 0 Å². The van der Waals surface area contributed by atoms with Crippen molar-refractivity contribution in [1.29, 1.82) is 0 Å². The number of carbonyl (C=O) groups is 1. The molecule has 1 amide bonds. The van der Waals surface area contributed by atoms with E-state index in [0.29, 0.717) is 13.1 Å². The quantitative estimate of drug-likeness (QED) is 0.874. The van der Waals surface area contributed by atoms with Crippen LogP contribution in [-0.2, 0) is 4.79 Å². The zero-order valence-electron chi connectivity index (χ0n) is 12.4. The lowest BCUT2D eigenvalue weighted by Gasteiger charge is -2.29. The summed E-state index contributed by atoms with van der Waals surface area (Å²) in [7, 11) is 0. The van der Waals surface area contributed by atoms with Gasteiger partial charge in [0.25, 0.3) is 0 Å². The third-order valence-electron chi connectivity index (χ3n) is 4.01. The Morgan fingerprint density at radius 3 is 2.68 bits per heavy atom. The fourth-order valence-corrected chi connectivity index (χ4v) is 2.68. The fourth-order valence-electron chi connectivity index (χ4n) is 2.68. The maximum absolute atomic E-state index is 13.0. The summed E-state index contributed by atoms with van der Waals surface area (Å²) < 4.78 is 14.6. The van der Waals surface area contributed by atoms with E-state index < -0.39 is 0 Å². The van der Waals surface area contributed by atoms with Gasteiger partial charge >= 0.3 is 0 Å². The molecule has 0 fully saturated rings. The second-order valence-corrected chi connectivity index (χ2v) is 5.43. The van der Waals surface area contributed by atoms with Gasteiger partial charge in [-0.3, -0.25) is 9.48 Å². The predicted octanol–water partition coefficient (Wildman–Crippen LogP) is 2.90. The van der Waals surface area contributed by atoms with Crippen LogP contribution in [0.25, 0.3) is 5.57 Å². The monoisotopic (exact) mass is 299 g/mol. The normalized spacial score (nSPS) is 16.3. The number of hydrogen-bond donors (Lipinski definition) is 0. The minimum absolute atomic E-state index is 0.0677. The molecule has 1 aromatic carbocycles. The third kappa shape index (κ3) is 2.93. The van der Waals surface area contributed by atoms with E-state index in [1.807, 2.05) is 24.0 Å². The summed E-state index contributed by atoms with van der Waals surface area (Å²) in [5.74, 6) is -0.164. The molecule has 114 valence electrons. The molecule has 0 aliphatic carbocycles. The molecule has 2 aromatic rings. The number of rotatable bonds is 3. The lowest BCUT2D eigenvalue weighted by molar-refractivity contribution is -0.134. The van der Waals surface area contributed by atoms with Crippen LogP contribution in [-0.4, -0.2) is 33.7 Å².